The molecule has 6 rings (SSSR count). The van der Waals surface area contributed by atoms with Crippen molar-refractivity contribution in [2.24, 2.45) is 0 Å². The summed E-state index contributed by atoms with van der Waals surface area (Å²) in [4.78, 5) is 48.3. The van der Waals surface area contributed by atoms with E-state index in [1.807, 2.05) is 52.0 Å². The molecular weight excluding hydrogens is 512 g/mol. The normalized spacial score (nSPS) is 13.6. The minimum Gasteiger partial charge on any atom is -0.456 e. The molecule has 198 valence electrons. The molecule has 0 radical (unpaired) electrons. The predicted molar refractivity (Wildman–Crippen MR) is 143 cm³/mol. The molecule has 0 amide bonds. The lowest BCUT2D eigenvalue weighted by Gasteiger charge is -2.17. The lowest BCUT2D eigenvalue weighted by molar-refractivity contribution is 0.0424. The zero-order valence-corrected chi connectivity index (χ0v) is 22.0. The summed E-state index contributed by atoms with van der Waals surface area (Å²) in [6, 6.07) is 17.6. The fourth-order valence-corrected chi connectivity index (χ4v) is 5.15. The average molecular weight is 535 g/mol. The van der Waals surface area contributed by atoms with E-state index < -0.39 is 23.9 Å². The topological polar surface area (TPSA) is 105 Å². The second-order valence-corrected chi connectivity index (χ2v) is 9.79. The van der Waals surface area contributed by atoms with E-state index in [0.717, 1.165) is 33.4 Å². The van der Waals surface area contributed by atoms with Crippen LogP contribution >= 0.6 is 0 Å². The SMILES string of the molecule is Cc1cc(-c2cc(C)c(Oc3cccc4c3C(=O)OC4=O)c(C)c2)cc(C)c1Oc1cccc2c1C(=O)OC2=O. The molecular formula is C32H22O8. The van der Waals surface area contributed by atoms with Gasteiger partial charge in [0.2, 0.25) is 0 Å². The first-order valence-corrected chi connectivity index (χ1v) is 12.5. The van der Waals surface area contributed by atoms with Crippen LogP contribution in [-0.4, -0.2) is 23.9 Å². The van der Waals surface area contributed by atoms with Gasteiger partial charge in [-0.15, -0.1) is 0 Å². The summed E-state index contributed by atoms with van der Waals surface area (Å²) in [6.45, 7) is 7.63. The summed E-state index contributed by atoms with van der Waals surface area (Å²) >= 11 is 0. The summed E-state index contributed by atoms with van der Waals surface area (Å²) < 4.78 is 21.8. The number of rotatable bonds is 5. The van der Waals surface area contributed by atoms with Crippen LogP contribution in [-0.2, 0) is 9.47 Å². The number of carbonyl (C=O) groups excluding carboxylic acids is 4. The Labute approximate surface area is 229 Å². The monoisotopic (exact) mass is 534 g/mol. The first-order chi connectivity index (χ1) is 19.1. The van der Waals surface area contributed by atoms with Crippen LogP contribution in [0.3, 0.4) is 0 Å². The van der Waals surface area contributed by atoms with Crippen molar-refractivity contribution in [3.8, 4) is 34.1 Å². The molecule has 4 aromatic rings. The fraction of sp³-hybridized carbons (Fsp3) is 0.125. The van der Waals surface area contributed by atoms with Crippen molar-refractivity contribution in [2.75, 3.05) is 0 Å². The third-order valence-corrected chi connectivity index (χ3v) is 6.95. The highest BCUT2D eigenvalue weighted by Gasteiger charge is 2.34. The lowest BCUT2D eigenvalue weighted by Crippen LogP contribution is -2.01. The van der Waals surface area contributed by atoms with Crippen LogP contribution in [0.15, 0.2) is 60.7 Å². The van der Waals surface area contributed by atoms with Gasteiger partial charge in [-0.25, -0.2) is 19.2 Å². The smallest absolute Gasteiger partial charge is 0.350 e. The third kappa shape index (κ3) is 4.01. The van der Waals surface area contributed by atoms with Gasteiger partial charge >= 0.3 is 23.9 Å². The number of benzene rings is 4. The van der Waals surface area contributed by atoms with Crippen molar-refractivity contribution < 1.29 is 38.1 Å². The first-order valence-electron chi connectivity index (χ1n) is 12.5. The van der Waals surface area contributed by atoms with E-state index >= 15 is 0 Å². The Hall–Kier alpha value is -5.24. The molecule has 0 N–H and O–H groups in total. The number of cyclic esters (lactones) is 4. The number of ether oxygens (including phenoxy) is 4. The van der Waals surface area contributed by atoms with Crippen LogP contribution < -0.4 is 9.47 Å². The number of esters is 4. The molecule has 4 aromatic carbocycles. The highest BCUT2D eigenvalue weighted by Crippen LogP contribution is 2.40. The maximum Gasteiger partial charge on any atom is 0.350 e. The first kappa shape index (κ1) is 25.1. The molecule has 8 heteroatoms. The molecule has 2 aliphatic rings. The molecule has 8 nitrogen and oxygen atoms in total. The van der Waals surface area contributed by atoms with Crippen molar-refractivity contribution in [2.45, 2.75) is 27.7 Å². The highest BCUT2D eigenvalue weighted by atomic mass is 16.6. The number of hydrogen-bond donors (Lipinski definition) is 0. The summed E-state index contributed by atoms with van der Waals surface area (Å²) in [5, 5.41) is 0. The molecule has 40 heavy (non-hydrogen) atoms. The third-order valence-electron chi connectivity index (χ3n) is 6.95. The molecule has 0 saturated carbocycles. The van der Waals surface area contributed by atoms with Gasteiger partial charge in [-0.1, -0.05) is 12.1 Å². The molecule has 0 bridgehead atoms. The van der Waals surface area contributed by atoms with Gasteiger partial charge in [0, 0.05) is 0 Å². The second-order valence-electron chi connectivity index (χ2n) is 9.79. The van der Waals surface area contributed by atoms with Gasteiger partial charge in [-0.05, 0) is 110 Å². The Kier molecular flexibility index (Phi) is 5.76. The molecule has 2 aliphatic heterocycles. The zero-order chi connectivity index (χ0) is 28.3. The molecule has 2 heterocycles. The van der Waals surface area contributed by atoms with Crippen LogP contribution in [0.1, 0.15) is 63.7 Å². The predicted octanol–water partition coefficient (Wildman–Crippen LogP) is 6.79. The van der Waals surface area contributed by atoms with E-state index in [9.17, 15) is 19.2 Å². The number of fused-ring (bicyclic) bond motifs is 2. The summed E-state index contributed by atoms with van der Waals surface area (Å²) in [6.07, 6.45) is 0. The molecule has 0 aromatic heterocycles. The number of aryl methyl sites for hydroxylation is 4. The van der Waals surface area contributed by atoms with E-state index in [2.05, 4.69) is 0 Å². The molecule has 0 atom stereocenters. The van der Waals surface area contributed by atoms with Gasteiger partial charge < -0.3 is 18.9 Å². The second kappa shape index (κ2) is 9.20. The zero-order valence-electron chi connectivity index (χ0n) is 22.0. The quantitative estimate of drug-likeness (QED) is 0.204. The summed E-state index contributed by atoms with van der Waals surface area (Å²) in [5.74, 6) is -1.12. The largest absolute Gasteiger partial charge is 0.456 e. The maximum atomic E-state index is 12.2. The van der Waals surface area contributed by atoms with Gasteiger partial charge in [-0.3, -0.25) is 0 Å². The van der Waals surface area contributed by atoms with E-state index in [1.54, 1.807) is 24.3 Å². The maximum absolute atomic E-state index is 12.2. The van der Waals surface area contributed by atoms with Crippen molar-refractivity contribution in [1.82, 2.24) is 0 Å². The van der Waals surface area contributed by atoms with Gasteiger partial charge in [0.05, 0.1) is 11.1 Å². The van der Waals surface area contributed by atoms with Crippen molar-refractivity contribution in [3.05, 3.63) is 105 Å². The Morgan fingerprint density at radius 2 is 0.850 bits per heavy atom. The fourth-order valence-electron chi connectivity index (χ4n) is 5.15. The van der Waals surface area contributed by atoms with E-state index in [4.69, 9.17) is 18.9 Å². The molecule has 0 fully saturated rings. The van der Waals surface area contributed by atoms with Crippen molar-refractivity contribution in [3.63, 3.8) is 0 Å². The standard InChI is InChI=1S/C32H22O8/c1-15-11-19(12-16(2)27(15)37-23-9-5-7-21-25(23)31(35)39-29(21)33)20-13-17(3)28(18(4)14-20)38-24-10-6-8-22-26(24)32(36)40-30(22)34/h5-14H,1-4H3. The van der Waals surface area contributed by atoms with Gasteiger partial charge in [0.1, 0.15) is 34.1 Å². The Morgan fingerprint density at radius 1 is 0.500 bits per heavy atom. The van der Waals surface area contributed by atoms with Gasteiger partial charge in [0.15, 0.2) is 0 Å². The van der Waals surface area contributed by atoms with Crippen LogP contribution in [0.2, 0.25) is 0 Å². The Bertz CT molecular complexity index is 1640. The minimum atomic E-state index is -0.722. The van der Waals surface area contributed by atoms with Crippen LogP contribution in [0.25, 0.3) is 11.1 Å². The highest BCUT2D eigenvalue weighted by molar-refractivity contribution is 6.17. The van der Waals surface area contributed by atoms with E-state index in [1.165, 1.54) is 12.1 Å². The van der Waals surface area contributed by atoms with Gasteiger partial charge in [0.25, 0.3) is 0 Å². The lowest BCUT2D eigenvalue weighted by atomic mass is 9.96. The van der Waals surface area contributed by atoms with E-state index in [0.29, 0.717) is 11.5 Å². The van der Waals surface area contributed by atoms with Gasteiger partial charge in [-0.2, -0.15) is 0 Å². The Balaban J connectivity index is 1.32. The average Bonchev–Trinajstić information content (AvgIpc) is 3.37. The molecule has 0 spiro atoms. The Morgan fingerprint density at radius 3 is 1.20 bits per heavy atom. The summed E-state index contributed by atoms with van der Waals surface area (Å²) in [5.41, 5.74) is 5.86. The van der Waals surface area contributed by atoms with Crippen molar-refractivity contribution in [1.29, 1.82) is 0 Å². The minimum absolute atomic E-state index is 0.124. The molecule has 0 saturated heterocycles. The molecule has 0 aliphatic carbocycles. The number of hydrogen-bond acceptors (Lipinski definition) is 8. The summed E-state index contributed by atoms with van der Waals surface area (Å²) in [7, 11) is 0. The van der Waals surface area contributed by atoms with Crippen LogP contribution in [0.5, 0.6) is 23.0 Å². The van der Waals surface area contributed by atoms with Crippen molar-refractivity contribution >= 4 is 23.9 Å². The van der Waals surface area contributed by atoms with E-state index in [-0.39, 0.29) is 33.8 Å². The molecule has 0 unspecified atom stereocenters. The number of carbonyl (C=O) groups is 4. The van der Waals surface area contributed by atoms with Crippen LogP contribution in [0.4, 0.5) is 0 Å². The van der Waals surface area contributed by atoms with Crippen LogP contribution in [0, 0.1) is 27.7 Å².